The van der Waals surface area contributed by atoms with Crippen LogP contribution in [0.15, 0.2) is 22.7 Å². The first-order valence-electron chi connectivity index (χ1n) is 4.67. The molecule has 0 heterocycles. The molecule has 0 aliphatic heterocycles. The van der Waals surface area contributed by atoms with Gasteiger partial charge in [-0.2, -0.15) is 0 Å². The number of benzene rings is 1. The van der Waals surface area contributed by atoms with E-state index in [0.717, 1.165) is 15.8 Å². The van der Waals surface area contributed by atoms with Crippen LogP contribution in [0.5, 0.6) is 5.75 Å². The average Bonchev–Trinajstić information content (AvgIpc) is 2.25. The van der Waals surface area contributed by atoms with Crippen molar-refractivity contribution in [2.24, 2.45) is 5.73 Å². The minimum Gasteiger partial charge on any atom is -0.496 e. The van der Waals surface area contributed by atoms with E-state index in [0.29, 0.717) is 6.42 Å². The van der Waals surface area contributed by atoms with Gasteiger partial charge >= 0.3 is 0 Å². The highest BCUT2D eigenvalue weighted by Gasteiger charge is 2.07. The van der Waals surface area contributed by atoms with E-state index in [2.05, 4.69) is 27.8 Å². The molecule has 0 saturated carbocycles. The van der Waals surface area contributed by atoms with Crippen LogP contribution in [0.1, 0.15) is 24.9 Å². The number of ether oxygens (including phenoxy) is 1. The van der Waals surface area contributed by atoms with Crippen LogP contribution in [0.3, 0.4) is 0 Å². The lowest BCUT2D eigenvalue weighted by molar-refractivity contribution is 0.412. The molecule has 0 aliphatic carbocycles. The van der Waals surface area contributed by atoms with Crippen LogP contribution in [0.25, 0.3) is 0 Å². The standard InChI is InChI=1S/C12H14BrNO/c1-3-4-5-11(14)9-6-7-12(15-2)10(13)8-9/h6-8,11H,5,14H2,1-2H3. The third-order valence-corrected chi connectivity index (χ3v) is 2.72. The van der Waals surface area contributed by atoms with E-state index in [1.807, 2.05) is 25.1 Å². The maximum atomic E-state index is 5.98. The Balaban J connectivity index is 2.85. The highest BCUT2D eigenvalue weighted by atomic mass is 79.9. The van der Waals surface area contributed by atoms with E-state index < -0.39 is 0 Å². The average molecular weight is 268 g/mol. The summed E-state index contributed by atoms with van der Waals surface area (Å²) < 4.78 is 6.06. The quantitative estimate of drug-likeness (QED) is 0.855. The summed E-state index contributed by atoms with van der Waals surface area (Å²) in [4.78, 5) is 0. The van der Waals surface area contributed by atoms with Crippen LogP contribution in [0.4, 0.5) is 0 Å². The van der Waals surface area contributed by atoms with Crippen molar-refractivity contribution in [1.82, 2.24) is 0 Å². The van der Waals surface area contributed by atoms with Crippen LogP contribution in [-0.4, -0.2) is 7.11 Å². The number of hydrogen-bond acceptors (Lipinski definition) is 2. The second-order valence-corrected chi connectivity index (χ2v) is 3.99. The van der Waals surface area contributed by atoms with Crippen molar-refractivity contribution in [3.05, 3.63) is 28.2 Å². The van der Waals surface area contributed by atoms with Crippen LogP contribution >= 0.6 is 15.9 Å². The molecule has 0 spiro atoms. The first-order valence-corrected chi connectivity index (χ1v) is 5.47. The molecule has 0 fully saturated rings. The predicted molar refractivity (Wildman–Crippen MR) is 65.7 cm³/mol. The highest BCUT2D eigenvalue weighted by molar-refractivity contribution is 9.10. The minimum absolute atomic E-state index is 0.0420. The normalized spacial score (nSPS) is 11.5. The van der Waals surface area contributed by atoms with E-state index in [1.54, 1.807) is 7.11 Å². The zero-order valence-corrected chi connectivity index (χ0v) is 10.5. The molecule has 80 valence electrons. The summed E-state index contributed by atoms with van der Waals surface area (Å²) in [5.41, 5.74) is 7.04. The number of methoxy groups -OCH3 is 1. The zero-order chi connectivity index (χ0) is 11.3. The van der Waals surface area contributed by atoms with Gasteiger partial charge in [0.1, 0.15) is 5.75 Å². The molecular formula is C12H14BrNO. The van der Waals surface area contributed by atoms with Gasteiger partial charge in [0.25, 0.3) is 0 Å². The molecule has 2 N–H and O–H groups in total. The fraction of sp³-hybridized carbons (Fsp3) is 0.333. The van der Waals surface area contributed by atoms with Crippen molar-refractivity contribution in [3.63, 3.8) is 0 Å². The Bertz CT molecular complexity index is 392. The fourth-order valence-electron chi connectivity index (χ4n) is 1.24. The van der Waals surface area contributed by atoms with E-state index in [1.165, 1.54) is 0 Å². The molecule has 1 aromatic rings. The Labute approximate surface area is 98.9 Å². The molecule has 0 aliphatic rings. The maximum Gasteiger partial charge on any atom is 0.133 e. The molecule has 0 aromatic heterocycles. The molecule has 3 heteroatoms. The lowest BCUT2D eigenvalue weighted by Gasteiger charge is -2.10. The molecule has 0 bridgehead atoms. The predicted octanol–water partition coefficient (Wildman–Crippen LogP) is 2.87. The van der Waals surface area contributed by atoms with Crippen LogP contribution in [0.2, 0.25) is 0 Å². The van der Waals surface area contributed by atoms with Crippen LogP contribution in [0, 0.1) is 11.8 Å². The molecule has 15 heavy (non-hydrogen) atoms. The minimum atomic E-state index is -0.0420. The number of nitrogens with two attached hydrogens (primary N) is 1. The summed E-state index contributed by atoms with van der Waals surface area (Å²) in [5.74, 6) is 6.62. The summed E-state index contributed by atoms with van der Waals surface area (Å²) in [5, 5.41) is 0. The van der Waals surface area contributed by atoms with Gasteiger partial charge in [-0.3, -0.25) is 0 Å². The molecule has 1 aromatic carbocycles. The Morgan fingerprint density at radius 1 is 1.53 bits per heavy atom. The molecule has 0 saturated heterocycles. The van der Waals surface area contributed by atoms with Crippen molar-refractivity contribution in [1.29, 1.82) is 0 Å². The summed E-state index contributed by atoms with van der Waals surface area (Å²) in [6, 6.07) is 5.80. The van der Waals surface area contributed by atoms with Crippen LogP contribution in [-0.2, 0) is 0 Å². The van der Waals surface area contributed by atoms with E-state index in [9.17, 15) is 0 Å². The third kappa shape index (κ3) is 3.26. The largest absolute Gasteiger partial charge is 0.496 e. The fourth-order valence-corrected chi connectivity index (χ4v) is 1.80. The Kier molecular flexibility index (Phi) is 4.67. The summed E-state index contributed by atoms with van der Waals surface area (Å²) in [6.07, 6.45) is 0.676. The van der Waals surface area contributed by atoms with Gasteiger partial charge in [0.2, 0.25) is 0 Å². The van der Waals surface area contributed by atoms with Gasteiger partial charge < -0.3 is 10.5 Å². The molecule has 2 nitrogen and oxygen atoms in total. The molecule has 1 atom stereocenters. The lowest BCUT2D eigenvalue weighted by atomic mass is 10.1. The third-order valence-electron chi connectivity index (χ3n) is 2.10. The van der Waals surface area contributed by atoms with Gasteiger partial charge in [-0.1, -0.05) is 6.07 Å². The summed E-state index contributed by atoms with van der Waals surface area (Å²) in [6.45, 7) is 1.82. The van der Waals surface area contributed by atoms with Gasteiger partial charge in [0.15, 0.2) is 0 Å². The van der Waals surface area contributed by atoms with E-state index in [4.69, 9.17) is 10.5 Å². The van der Waals surface area contributed by atoms with Gasteiger partial charge in [-0.15, -0.1) is 11.8 Å². The van der Waals surface area contributed by atoms with Crippen LogP contribution < -0.4 is 10.5 Å². The second-order valence-electron chi connectivity index (χ2n) is 3.13. The second kappa shape index (κ2) is 5.79. The zero-order valence-electron chi connectivity index (χ0n) is 8.88. The topological polar surface area (TPSA) is 35.2 Å². The summed E-state index contributed by atoms with van der Waals surface area (Å²) in [7, 11) is 1.64. The van der Waals surface area contributed by atoms with Crippen molar-refractivity contribution >= 4 is 15.9 Å². The monoisotopic (exact) mass is 267 g/mol. The Hall–Kier alpha value is -0.980. The molecule has 0 radical (unpaired) electrons. The molecular weight excluding hydrogens is 254 g/mol. The molecule has 1 unspecified atom stereocenters. The van der Waals surface area contributed by atoms with Crippen molar-refractivity contribution in [2.45, 2.75) is 19.4 Å². The van der Waals surface area contributed by atoms with Crippen molar-refractivity contribution in [3.8, 4) is 17.6 Å². The SMILES string of the molecule is CC#CCC(N)c1ccc(OC)c(Br)c1. The molecule has 0 amide bonds. The number of rotatable bonds is 3. The maximum absolute atomic E-state index is 5.98. The van der Waals surface area contributed by atoms with Crippen molar-refractivity contribution < 1.29 is 4.74 Å². The van der Waals surface area contributed by atoms with Gasteiger partial charge in [-0.25, -0.2) is 0 Å². The highest BCUT2D eigenvalue weighted by Crippen LogP contribution is 2.28. The Morgan fingerprint density at radius 2 is 2.27 bits per heavy atom. The smallest absolute Gasteiger partial charge is 0.133 e. The van der Waals surface area contributed by atoms with E-state index >= 15 is 0 Å². The van der Waals surface area contributed by atoms with Gasteiger partial charge in [0.05, 0.1) is 11.6 Å². The Morgan fingerprint density at radius 3 is 2.80 bits per heavy atom. The van der Waals surface area contributed by atoms with Gasteiger partial charge in [0, 0.05) is 12.5 Å². The lowest BCUT2D eigenvalue weighted by Crippen LogP contribution is -2.09. The first-order chi connectivity index (χ1) is 7.19. The molecule has 1 rings (SSSR count). The van der Waals surface area contributed by atoms with Crippen molar-refractivity contribution in [2.75, 3.05) is 7.11 Å². The van der Waals surface area contributed by atoms with Gasteiger partial charge in [-0.05, 0) is 40.5 Å². The summed E-state index contributed by atoms with van der Waals surface area (Å²) >= 11 is 3.43. The number of hydrogen-bond donors (Lipinski definition) is 1. The number of halogens is 1. The first kappa shape index (κ1) is 12.1. The van der Waals surface area contributed by atoms with E-state index in [-0.39, 0.29) is 6.04 Å².